The van der Waals surface area contributed by atoms with Crippen LogP contribution in [0.5, 0.6) is 0 Å². The number of nitrogens with zero attached hydrogens (tertiary/aromatic N) is 1. The van der Waals surface area contributed by atoms with Crippen molar-refractivity contribution in [2.45, 2.75) is 79.7 Å². The second-order valence-corrected chi connectivity index (χ2v) is 8.29. The fourth-order valence-corrected chi connectivity index (χ4v) is 3.40. The van der Waals surface area contributed by atoms with E-state index in [1.807, 2.05) is 0 Å². The Morgan fingerprint density at radius 2 is 1.39 bits per heavy atom. The molecule has 1 fully saturated rings. The first-order valence-electron chi connectivity index (χ1n) is 7.89. The van der Waals surface area contributed by atoms with Crippen LogP contribution >= 0.6 is 0 Å². The minimum absolute atomic E-state index is 0.329. The monoisotopic (exact) mass is 253 g/mol. The van der Waals surface area contributed by atoms with Crippen molar-refractivity contribution in [1.29, 1.82) is 0 Å². The molecule has 0 saturated heterocycles. The maximum Gasteiger partial charge on any atom is 0.0125 e. The largest absolute Gasteiger partial charge is 0.298 e. The number of rotatable bonds is 3. The minimum atomic E-state index is 0.329. The van der Waals surface area contributed by atoms with Gasteiger partial charge in [0.1, 0.15) is 0 Å². The van der Waals surface area contributed by atoms with Crippen LogP contribution in [0, 0.1) is 17.3 Å². The van der Waals surface area contributed by atoms with Gasteiger partial charge in [-0.2, -0.15) is 0 Å². The van der Waals surface area contributed by atoms with E-state index in [1.165, 1.54) is 38.8 Å². The van der Waals surface area contributed by atoms with Crippen molar-refractivity contribution < 1.29 is 0 Å². The summed E-state index contributed by atoms with van der Waals surface area (Å²) in [7, 11) is 0. The molecule has 0 aromatic rings. The normalized spacial score (nSPS) is 26.7. The molecule has 0 unspecified atom stereocenters. The Morgan fingerprint density at radius 1 is 0.889 bits per heavy atom. The first kappa shape index (κ1) is 16.0. The molecule has 0 amide bonds. The average Bonchev–Trinajstić information content (AvgIpc) is 2.23. The van der Waals surface area contributed by atoms with Crippen LogP contribution in [0.25, 0.3) is 0 Å². The fraction of sp³-hybridized carbons (Fsp3) is 1.00. The van der Waals surface area contributed by atoms with Crippen molar-refractivity contribution in [3.05, 3.63) is 0 Å². The Balaban J connectivity index is 2.44. The third-order valence-electron chi connectivity index (χ3n) is 4.88. The summed E-state index contributed by atoms with van der Waals surface area (Å²) in [6, 6.07) is 0. The summed E-state index contributed by atoms with van der Waals surface area (Å²) in [5.74, 6) is 1.88. The summed E-state index contributed by atoms with van der Waals surface area (Å²) in [4.78, 5) is 2.65. The van der Waals surface area contributed by atoms with Gasteiger partial charge >= 0.3 is 0 Å². The second kappa shape index (κ2) is 5.94. The van der Waals surface area contributed by atoms with Gasteiger partial charge in [0.15, 0.2) is 0 Å². The predicted octanol–water partition coefficient (Wildman–Crippen LogP) is 4.96. The van der Waals surface area contributed by atoms with E-state index in [0.717, 1.165) is 11.8 Å². The van der Waals surface area contributed by atoms with E-state index in [-0.39, 0.29) is 0 Å². The Labute approximate surface area is 115 Å². The molecule has 1 saturated carbocycles. The van der Waals surface area contributed by atoms with E-state index in [1.54, 1.807) is 0 Å². The molecule has 0 bridgehead atoms. The quantitative estimate of drug-likeness (QED) is 0.687. The molecule has 0 atom stereocenters. The third kappa shape index (κ3) is 4.57. The maximum atomic E-state index is 2.65. The SMILES string of the molecule is CCN(CC1CCC(C(C)(C)C)CC1)C(C)(C)C. The van der Waals surface area contributed by atoms with E-state index in [0.29, 0.717) is 11.0 Å². The summed E-state index contributed by atoms with van der Waals surface area (Å²) in [5, 5.41) is 0. The molecule has 0 aromatic carbocycles. The summed E-state index contributed by atoms with van der Waals surface area (Å²) in [6.07, 6.45) is 5.76. The lowest BCUT2D eigenvalue weighted by Gasteiger charge is -2.41. The molecule has 1 nitrogen and oxygen atoms in total. The highest BCUT2D eigenvalue weighted by Crippen LogP contribution is 2.40. The van der Waals surface area contributed by atoms with Crippen LogP contribution in [0.15, 0.2) is 0 Å². The Morgan fingerprint density at radius 3 is 1.72 bits per heavy atom. The van der Waals surface area contributed by atoms with Crippen LogP contribution in [0.3, 0.4) is 0 Å². The van der Waals surface area contributed by atoms with Crippen LogP contribution < -0.4 is 0 Å². The molecule has 1 aliphatic rings. The Kier molecular flexibility index (Phi) is 5.29. The van der Waals surface area contributed by atoms with Gasteiger partial charge in [-0.05, 0) is 70.3 Å². The van der Waals surface area contributed by atoms with Crippen molar-refractivity contribution in [1.82, 2.24) is 4.90 Å². The Hall–Kier alpha value is -0.0400. The third-order valence-corrected chi connectivity index (χ3v) is 4.88. The molecule has 18 heavy (non-hydrogen) atoms. The summed E-state index contributed by atoms with van der Waals surface area (Å²) in [6.45, 7) is 19.0. The van der Waals surface area contributed by atoms with Crippen molar-refractivity contribution in [2.75, 3.05) is 13.1 Å². The van der Waals surface area contributed by atoms with E-state index in [9.17, 15) is 0 Å². The summed E-state index contributed by atoms with van der Waals surface area (Å²) in [5.41, 5.74) is 0.842. The van der Waals surface area contributed by atoms with Crippen molar-refractivity contribution in [2.24, 2.45) is 17.3 Å². The molecule has 0 aliphatic heterocycles. The molecule has 1 rings (SSSR count). The van der Waals surface area contributed by atoms with Gasteiger partial charge in [0.25, 0.3) is 0 Å². The topological polar surface area (TPSA) is 3.24 Å². The first-order chi connectivity index (χ1) is 8.14. The summed E-state index contributed by atoms with van der Waals surface area (Å²) >= 11 is 0. The van der Waals surface area contributed by atoms with Gasteiger partial charge in [0.2, 0.25) is 0 Å². The molecule has 1 heteroatoms. The Bertz CT molecular complexity index is 235. The summed E-state index contributed by atoms with van der Waals surface area (Å²) < 4.78 is 0. The van der Waals surface area contributed by atoms with Crippen molar-refractivity contribution in [3.8, 4) is 0 Å². The van der Waals surface area contributed by atoms with Crippen LogP contribution in [0.4, 0.5) is 0 Å². The van der Waals surface area contributed by atoms with Gasteiger partial charge in [-0.15, -0.1) is 0 Å². The van der Waals surface area contributed by atoms with Crippen LogP contribution in [-0.2, 0) is 0 Å². The molecule has 0 aromatic heterocycles. The highest BCUT2D eigenvalue weighted by atomic mass is 15.2. The molecule has 108 valence electrons. The van der Waals surface area contributed by atoms with Gasteiger partial charge in [-0.3, -0.25) is 4.90 Å². The highest BCUT2D eigenvalue weighted by Gasteiger charge is 2.31. The van der Waals surface area contributed by atoms with Crippen LogP contribution in [0.2, 0.25) is 0 Å². The van der Waals surface area contributed by atoms with Gasteiger partial charge in [-0.1, -0.05) is 27.7 Å². The second-order valence-electron chi connectivity index (χ2n) is 8.29. The van der Waals surface area contributed by atoms with E-state index in [4.69, 9.17) is 0 Å². The van der Waals surface area contributed by atoms with E-state index >= 15 is 0 Å². The lowest BCUT2D eigenvalue weighted by molar-refractivity contribution is 0.0834. The zero-order valence-electron chi connectivity index (χ0n) is 13.8. The highest BCUT2D eigenvalue weighted by molar-refractivity contribution is 4.84. The molecule has 0 N–H and O–H groups in total. The minimum Gasteiger partial charge on any atom is -0.298 e. The van der Waals surface area contributed by atoms with E-state index in [2.05, 4.69) is 53.4 Å². The van der Waals surface area contributed by atoms with Crippen molar-refractivity contribution >= 4 is 0 Å². The molecular formula is C17H35N. The smallest absolute Gasteiger partial charge is 0.0125 e. The molecule has 0 spiro atoms. The van der Waals surface area contributed by atoms with Crippen LogP contribution in [-0.4, -0.2) is 23.5 Å². The average molecular weight is 253 g/mol. The molecule has 0 heterocycles. The van der Waals surface area contributed by atoms with Crippen LogP contribution in [0.1, 0.15) is 74.1 Å². The number of hydrogen-bond acceptors (Lipinski definition) is 1. The van der Waals surface area contributed by atoms with Gasteiger partial charge in [0.05, 0.1) is 0 Å². The van der Waals surface area contributed by atoms with E-state index < -0.39 is 0 Å². The van der Waals surface area contributed by atoms with Crippen molar-refractivity contribution in [3.63, 3.8) is 0 Å². The lowest BCUT2D eigenvalue weighted by Crippen LogP contribution is -2.44. The molecule has 1 aliphatic carbocycles. The fourth-order valence-electron chi connectivity index (χ4n) is 3.40. The zero-order valence-corrected chi connectivity index (χ0v) is 13.8. The van der Waals surface area contributed by atoms with Gasteiger partial charge in [0, 0.05) is 12.1 Å². The maximum absolute atomic E-state index is 2.65. The molecular weight excluding hydrogens is 218 g/mol. The van der Waals surface area contributed by atoms with Gasteiger partial charge in [-0.25, -0.2) is 0 Å². The lowest BCUT2D eigenvalue weighted by atomic mass is 9.69. The standard InChI is InChI=1S/C17H35N/c1-8-18(17(5,6)7)13-14-9-11-15(12-10-14)16(2,3)4/h14-15H,8-13H2,1-7H3. The number of hydrogen-bond donors (Lipinski definition) is 0. The molecule has 0 radical (unpaired) electrons. The predicted molar refractivity (Wildman–Crippen MR) is 81.9 cm³/mol. The first-order valence-corrected chi connectivity index (χ1v) is 7.89. The zero-order chi connectivity index (χ0) is 14.0. The van der Waals surface area contributed by atoms with Gasteiger partial charge < -0.3 is 0 Å².